The third-order valence-corrected chi connectivity index (χ3v) is 4.39. The molecule has 0 spiro atoms. The quantitative estimate of drug-likeness (QED) is 0.828. The van der Waals surface area contributed by atoms with Crippen LogP contribution in [0, 0.1) is 0 Å². The molecule has 1 saturated heterocycles. The van der Waals surface area contributed by atoms with Crippen LogP contribution in [0.4, 0.5) is 8.78 Å². The van der Waals surface area contributed by atoms with Crippen LogP contribution in [-0.4, -0.2) is 46.7 Å². The first-order valence-electron chi connectivity index (χ1n) is 8.84. The number of likely N-dealkylation sites (tertiary alicyclic amines) is 1. The Bertz CT molecular complexity index is 783. The molecule has 0 saturated carbocycles. The molecule has 9 heteroatoms. The number of piperidine rings is 1. The van der Waals surface area contributed by atoms with Crippen molar-refractivity contribution in [1.82, 2.24) is 15.0 Å². The van der Waals surface area contributed by atoms with E-state index in [1.165, 1.54) is 12.1 Å². The lowest BCUT2D eigenvalue weighted by molar-refractivity contribution is -0.158. The van der Waals surface area contributed by atoms with E-state index < -0.39 is 6.11 Å². The molecule has 1 fully saturated rings. The maximum Gasteiger partial charge on any atom is 0.394 e. The van der Waals surface area contributed by atoms with Gasteiger partial charge in [0.05, 0.1) is 0 Å². The highest BCUT2D eigenvalue weighted by Crippen LogP contribution is 2.30. The number of carbonyl (C=O) groups is 1. The molecule has 7 nitrogen and oxygen atoms in total. The first kappa shape index (κ1) is 19.2. The van der Waals surface area contributed by atoms with Crippen LogP contribution < -0.4 is 10.5 Å². The zero-order valence-electron chi connectivity index (χ0n) is 15.0. The van der Waals surface area contributed by atoms with Crippen molar-refractivity contribution in [2.24, 2.45) is 5.73 Å². The molecule has 0 bridgehead atoms. The highest BCUT2D eigenvalue weighted by molar-refractivity contribution is 5.76. The maximum atomic E-state index is 13.0. The molecule has 0 radical (unpaired) electrons. The number of hydrogen-bond donors (Lipinski definition) is 1. The second-order valence-corrected chi connectivity index (χ2v) is 6.59. The van der Waals surface area contributed by atoms with Gasteiger partial charge in [-0.15, -0.1) is 0 Å². The summed E-state index contributed by atoms with van der Waals surface area (Å²) >= 11 is 0. The Morgan fingerprint density at radius 1 is 1.41 bits per heavy atom. The highest BCUT2D eigenvalue weighted by Gasteiger charge is 2.28. The first-order chi connectivity index (χ1) is 12.9. The van der Waals surface area contributed by atoms with Crippen LogP contribution in [0.5, 0.6) is 5.75 Å². The number of rotatable bonds is 6. The summed E-state index contributed by atoms with van der Waals surface area (Å²) in [7, 11) is 0. The highest BCUT2D eigenvalue weighted by atomic mass is 19.3. The number of amides is 1. The monoisotopic (exact) mass is 380 g/mol. The fourth-order valence-electron chi connectivity index (χ4n) is 3.08. The van der Waals surface area contributed by atoms with E-state index in [4.69, 9.17) is 10.3 Å². The lowest BCUT2D eigenvalue weighted by Crippen LogP contribution is -2.38. The Morgan fingerprint density at radius 2 is 2.15 bits per heavy atom. The van der Waals surface area contributed by atoms with Crippen molar-refractivity contribution in [2.45, 2.75) is 38.2 Å². The fraction of sp³-hybridized carbons (Fsp3) is 0.500. The second-order valence-electron chi connectivity index (χ2n) is 6.59. The molecule has 1 aliphatic rings. The second kappa shape index (κ2) is 7.99. The summed E-state index contributed by atoms with van der Waals surface area (Å²) in [5.41, 5.74) is 5.96. The molecule has 1 amide bonds. The Hall–Kier alpha value is -2.55. The van der Waals surface area contributed by atoms with Crippen molar-refractivity contribution in [3.8, 4) is 17.1 Å². The predicted molar refractivity (Wildman–Crippen MR) is 93.2 cm³/mol. The van der Waals surface area contributed by atoms with Gasteiger partial charge in [-0.1, -0.05) is 17.3 Å². The van der Waals surface area contributed by atoms with Crippen LogP contribution in [0.3, 0.4) is 0 Å². The van der Waals surface area contributed by atoms with Crippen molar-refractivity contribution < 1.29 is 22.8 Å². The standard InChI is InChI=1S/C18H22F2N4O3/c1-18(19,20)26-14-4-2-3-13(11-14)16-22-17(27-23-16)12-6-9-24(10-7-12)15(25)5-8-21/h2-4,11-12H,5-10,21H2,1H3. The predicted octanol–water partition coefficient (Wildman–Crippen LogP) is 2.78. The SMILES string of the molecule is CC(F)(F)Oc1cccc(-c2noc(C3CCN(C(=O)CCN)CC3)n2)c1. The molecule has 1 aromatic heterocycles. The lowest BCUT2D eigenvalue weighted by atomic mass is 9.96. The topological polar surface area (TPSA) is 94.5 Å². The van der Waals surface area contributed by atoms with E-state index in [9.17, 15) is 13.6 Å². The van der Waals surface area contributed by atoms with Crippen LogP contribution in [-0.2, 0) is 4.79 Å². The third kappa shape index (κ3) is 5.00. The number of ether oxygens (including phenoxy) is 1. The Morgan fingerprint density at radius 3 is 2.81 bits per heavy atom. The molecule has 27 heavy (non-hydrogen) atoms. The van der Waals surface area contributed by atoms with E-state index in [1.807, 2.05) is 0 Å². The summed E-state index contributed by atoms with van der Waals surface area (Å²) in [5.74, 6) is 0.956. The van der Waals surface area contributed by atoms with E-state index in [-0.39, 0.29) is 17.6 Å². The van der Waals surface area contributed by atoms with Gasteiger partial charge in [0.25, 0.3) is 0 Å². The van der Waals surface area contributed by atoms with Gasteiger partial charge in [0.15, 0.2) is 0 Å². The molecule has 0 aliphatic carbocycles. The molecule has 2 heterocycles. The summed E-state index contributed by atoms with van der Waals surface area (Å²) in [6.45, 7) is 2.27. The lowest BCUT2D eigenvalue weighted by Gasteiger charge is -2.30. The number of halogens is 2. The molecule has 2 N–H and O–H groups in total. The van der Waals surface area contributed by atoms with Gasteiger partial charge in [-0.05, 0) is 25.0 Å². The van der Waals surface area contributed by atoms with E-state index in [1.54, 1.807) is 17.0 Å². The van der Waals surface area contributed by atoms with E-state index >= 15 is 0 Å². The molecule has 1 aromatic carbocycles. The maximum absolute atomic E-state index is 13.0. The Balaban J connectivity index is 1.66. The molecule has 1 aliphatic heterocycles. The van der Waals surface area contributed by atoms with Gasteiger partial charge in [-0.3, -0.25) is 4.79 Å². The van der Waals surface area contributed by atoms with Crippen molar-refractivity contribution >= 4 is 5.91 Å². The molecular formula is C18H22F2N4O3. The van der Waals surface area contributed by atoms with E-state index in [0.717, 1.165) is 12.8 Å². The van der Waals surface area contributed by atoms with E-state index in [0.29, 0.717) is 50.3 Å². The number of nitrogens with zero attached hydrogens (tertiary/aromatic N) is 3. The number of nitrogens with two attached hydrogens (primary N) is 1. The van der Waals surface area contributed by atoms with Crippen LogP contribution in [0.1, 0.15) is 38.0 Å². The Kier molecular flexibility index (Phi) is 5.69. The fourth-order valence-corrected chi connectivity index (χ4v) is 3.08. The number of benzene rings is 1. The average Bonchev–Trinajstić information content (AvgIpc) is 3.11. The van der Waals surface area contributed by atoms with Gasteiger partial charge >= 0.3 is 6.11 Å². The van der Waals surface area contributed by atoms with Gasteiger partial charge < -0.3 is 19.9 Å². The summed E-state index contributed by atoms with van der Waals surface area (Å²) in [6.07, 6.45) is -1.47. The molecule has 146 valence electrons. The zero-order valence-corrected chi connectivity index (χ0v) is 15.0. The van der Waals surface area contributed by atoms with Crippen molar-refractivity contribution in [3.05, 3.63) is 30.2 Å². The van der Waals surface area contributed by atoms with Crippen molar-refractivity contribution in [3.63, 3.8) is 0 Å². The molecule has 0 unspecified atom stereocenters. The van der Waals surface area contributed by atoms with Gasteiger partial charge in [0.2, 0.25) is 17.6 Å². The van der Waals surface area contributed by atoms with Crippen LogP contribution in [0.2, 0.25) is 0 Å². The molecular weight excluding hydrogens is 358 g/mol. The van der Waals surface area contributed by atoms with Gasteiger partial charge in [-0.2, -0.15) is 13.8 Å². The zero-order chi connectivity index (χ0) is 19.4. The third-order valence-electron chi connectivity index (χ3n) is 4.39. The van der Waals surface area contributed by atoms with Gasteiger partial charge in [0, 0.05) is 44.5 Å². The van der Waals surface area contributed by atoms with E-state index in [2.05, 4.69) is 14.9 Å². The summed E-state index contributed by atoms with van der Waals surface area (Å²) in [5, 5.41) is 3.96. The average molecular weight is 380 g/mol. The molecule has 3 rings (SSSR count). The van der Waals surface area contributed by atoms with Crippen LogP contribution >= 0.6 is 0 Å². The molecule has 2 aromatic rings. The van der Waals surface area contributed by atoms with Gasteiger partial charge in [0.1, 0.15) is 5.75 Å². The largest absolute Gasteiger partial charge is 0.433 e. The summed E-state index contributed by atoms with van der Waals surface area (Å²) in [4.78, 5) is 18.1. The minimum absolute atomic E-state index is 0.0260. The summed E-state index contributed by atoms with van der Waals surface area (Å²) in [6, 6.07) is 6.17. The Labute approximate surface area is 155 Å². The number of hydrogen-bond acceptors (Lipinski definition) is 6. The number of carbonyl (C=O) groups excluding carboxylic acids is 1. The van der Waals surface area contributed by atoms with Gasteiger partial charge in [-0.25, -0.2) is 0 Å². The number of aromatic nitrogens is 2. The summed E-state index contributed by atoms with van der Waals surface area (Å²) < 4.78 is 36.0. The normalized spacial score (nSPS) is 15.8. The molecule has 0 atom stereocenters. The minimum atomic E-state index is -3.27. The first-order valence-corrected chi connectivity index (χ1v) is 8.84. The van der Waals surface area contributed by atoms with Crippen LogP contribution in [0.15, 0.2) is 28.8 Å². The smallest absolute Gasteiger partial charge is 0.394 e. The minimum Gasteiger partial charge on any atom is -0.433 e. The van der Waals surface area contributed by atoms with Crippen molar-refractivity contribution in [2.75, 3.05) is 19.6 Å². The number of alkyl halides is 2. The van der Waals surface area contributed by atoms with Crippen molar-refractivity contribution in [1.29, 1.82) is 0 Å². The van der Waals surface area contributed by atoms with Crippen LogP contribution in [0.25, 0.3) is 11.4 Å².